The third kappa shape index (κ3) is 5.70. The number of carbonyl (C=O) groups excluding carboxylic acids is 2. The summed E-state index contributed by atoms with van der Waals surface area (Å²) in [6, 6.07) is 14.7. The summed E-state index contributed by atoms with van der Waals surface area (Å²) in [4.78, 5) is 31.2. The van der Waals surface area contributed by atoms with Gasteiger partial charge in [0.25, 0.3) is 5.91 Å². The van der Waals surface area contributed by atoms with Gasteiger partial charge in [0.2, 0.25) is 5.91 Å². The van der Waals surface area contributed by atoms with Crippen LogP contribution in [-0.4, -0.2) is 41.4 Å². The van der Waals surface area contributed by atoms with Crippen LogP contribution in [0.3, 0.4) is 0 Å². The molecule has 2 amide bonds. The molecule has 0 aliphatic rings. The summed E-state index contributed by atoms with van der Waals surface area (Å²) in [5, 5.41) is 5.59. The number of thiazole rings is 1. The standard InChI is InChI=1S/C24H27N3O3S/c1-4-27(5-2)24(29)17-11-13-18(14-12-17)25-22(28)15-19-16-31-23(26-19)20-9-7-8-10-21(20)30-6-3/h7-14,16H,4-6,15H2,1-3H3,(H,25,28). The molecule has 0 aliphatic carbocycles. The van der Waals surface area contributed by atoms with Gasteiger partial charge in [-0.2, -0.15) is 0 Å². The van der Waals surface area contributed by atoms with Gasteiger partial charge in [0.05, 0.1) is 24.3 Å². The van der Waals surface area contributed by atoms with Gasteiger partial charge in [-0.3, -0.25) is 9.59 Å². The molecule has 0 saturated heterocycles. The Morgan fingerprint density at radius 2 is 1.74 bits per heavy atom. The maximum Gasteiger partial charge on any atom is 0.253 e. The number of ether oxygens (including phenoxy) is 1. The minimum absolute atomic E-state index is 0.00906. The van der Waals surface area contributed by atoms with E-state index in [1.807, 2.05) is 50.4 Å². The summed E-state index contributed by atoms with van der Waals surface area (Å²) in [7, 11) is 0. The van der Waals surface area contributed by atoms with E-state index in [4.69, 9.17) is 4.74 Å². The number of carbonyl (C=O) groups is 2. The second-order valence-corrected chi connectivity index (χ2v) is 7.71. The average Bonchev–Trinajstić information content (AvgIpc) is 3.23. The molecule has 0 radical (unpaired) electrons. The summed E-state index contributed by atoms with van der Waals surface area (Å²) in [5.41, 5.74) is 2.89. The molecular formula is C24H27N3O3S. The van der Waals surface area contributed by atoms with Crippen molar-refractivity contribution in [2.45, 2.75) is 27.2 Å². The number of para-hydroxylation sites is 1. The predicted molar refractivity (Wildman–Crippen MR) is 125 cm³/mol. The molecule has 0 unspecified atom stereocenters. The average molecular weight is 438 g/mol. The Balaban J connectivity index is 1.63. The van der Waals surface area contributed by atoms with Crippen LogP contribution < -0.4 is 10.1 Å². The molecule has 1 aromatic heterocycles. The van der Waals surface area contributed by atoms with Crippen LogP contribution in [-0.2, 0) is 11.2 Å². The van der Waals surface area contributed by atoms with Crippen LogP contribution in [0.1, 0.15) is 36.8 Å². The minimum atomic E-state index is -0.155. The molecule has 6 nitrogen and oxygen atoms in total. The van der Waals surface area contributed by atoms with Crippen LogP contribution in [0.2, 0.25) is 0 Å². The number of nitrogens with one attached hydrogen (secondary N) is 1. The highest BCUT2D eigenvalue weighted by Gasteiger charge is 2.14. The van der Waals surface area contributed by atoms with Gasteiger partial charge in [-0.25, -0.2) is 4.98 Å². The Kier molecular flexibility index (Phi) is 7.78. The smallest absolute Gasteiger partial charge is 0.253 e. The summed E-state index contributed by atoms with van der Waals surface area (Å²) in [6.07, 6.45) is 0.174. The largest absolute Gasteiger partial charge is 0.493 e. The monoisotopic (exact) mass is 437 g/mol. The fourth-order valence-corrected chi connectivity index (χ4v) is 4.05. The number of anilines is 1. The van der Waals surface area contributed by atoms with Crippen LogP contribution in [0.5, 0.6) is 5.75 Å². The molecule has 7 heteroatoms. The van der Waals surface area contributed by atoms with E-state index < -0.39 is 0 Å². The molecule has 31 heavy (non-hydrogen) atoms. The first-order valence-electron chi connectivity index (χ1n) is 10.4. The molecule has 0 aliphatic heterocycles. The lowest BCUT2D eigenvalue weighted by molar-refractivity contribution is -0.115. The van der Waals surface area contributed by atoms with Crippen molar-refractivity contribution < 1.29 is 14.3 Å². The van der Waals surface area contributed by atoms with Gasteiger partial charge in [-0.1, -0.05) is 12.1 Å². The molecule has 0 saturated carbocycles. The highest BCUT2D eigenvalue weighted by atomic mass is 32.1. The van der Waals surface area contributed by atoms with Gasteiger partial charge in [-0.05, 0) is 57.2 Å². The normalized spacial score (nSPS) is 10.5. The Morgan fingerprint density at radius 3 is 2.42 bits per heavy atom. The molecule has 0 atom stereocenters. The van der Waals surface area contributed by atoms with Crippen molar-refractivity contribution in [1.82, 2.24) is 9.88 Å². The zero-order valence-corrected chi connectivity index (χ0v) is 18.9. The van der Waals surface area contributed by atoms with Crippen molar-refractivity contribution >= 4 is 28.8 Å². The van der Waals surface area contributed by atoms with Crippen molar-refractivity contribution in [3.05, 3.63) is 65.2 Å². The van der Waals surface area contributed by atoms with Crippen molar-refractivity contribution in [2.75, 3.05) is 25.0 Å². The first-order chi connectivity index (χ1) is 15.0. The summed E-state index contributed by atoms with van der Waals surface area (Å²) in [5.74, 6) is 0.623. The van der Waals surface area contributed by atoms with Gasteiger partial charge < -0.3 is 15.0 Å². The highest BCUT2D eigenvalue weighted by Crippen LogP contribution is 2.32. The van der Waals surface area contributed by atoms with Gasteiger partial charge in [0.1, 0.15) is 10.8 Å². The second-order valence-electron chi connectivity index (χ2n) is 6.85. The Labute approximate surface area is 186 Å². The van der Waals surface area contributed by atoms with E-state index in [9.17, 15) is 9.59 Å². The lowest BCUT2D eigenvalue weighted by Crippen LogP contribution is -2.30. The fraction of sp³-hybridized carbons (Fsp3) is 0.292. The van der Waals surface area contributed by atoms with E-state index in [1.165, 1.54) is 11.3 Å². The SMILES string of the molecule is CCOc1ccccc1-c1nc(CC(=O)Nc2ccc(C(=O)N(CC)CC)cc2)cs1. The molecule has 3 rings (SSSR count). The Morgan fingerprint density at radius 1 is 1.03 bits per heavy atom. The van der Waals surface area contributed by atoms with Crippen molar-refractivity contribution in [3.8, 4) is 16.3 Å². The van der Waals surface area contributed by atoms with Gasteiger partial charge >= 0.3 is 0 Å². The van der Waals surface area contributed by atoms with E-state index in [2.05, 4.69) is 10.3 Å². The Hall–Kier alpha value is -3.19. The first-order valence-corrected chi connectivity index (χ1v) is 11.3. The molecular weight excluding hydrogens is 410 g/mol. The quantitative estimate of drug-likeness (QED) is 0.518. The van der Waals surface area contributed by atoms with Crippen molar-refractivity contribution in [3.63, 3.8) is 0 Å². The first kappa shape index (κ1) is 22.5. The van der Waals surface area contributed by atoms with Gasteiger partial charge in [-0.15, -0.1) is 11.3 Å². The highest BCUT2D eigenvalue weighted by molar-refractivity contribution is 7.13. The number of benzene rings is 2. The maximum atomic E-state index is 12.5. The molecule has 1 N–H and O–H groups in total. The van der Waals surface area contributed by atoms with Crippen molar-refractivity contribution in [1.29, 1.82) is 0 Å². The number of amides is 2. The van der Waals surface area contributed by atoms with E-state index in [-0.39, 0.29) is 18.2 Å². The summed E-state index contributed by atoms with van der Waals surface area (Å²) >= 11 is 1.49. The van der Waals surface area contributed by atoms with Crippen LogP contribution >= 0.6 is 11.3 Å². The van der Waals surface area contributed by atoms with Crippen LogP contribution in [0.25, 0.3) is 10.6 Å². The minimum Gasteiger partial charge on any atom is -0.493 e. The van der Waals surface area contributed by atoms with Crippen LogP contribution in [0.4, 0.5) is 5.69 Å². The fourth-order valence-electron chi connectivity index (χ4n) is 3.20. The number of nitrogens with zero attached hydrogens (tertiary/aromatic N) is 2. The maximum absolute atomic E-state index is 12.5. The number of hydrogen-bond acceptors (Lipinski definition) is 5. The number of aromatic nitrogens is 1. The lowest BCUT2D eigenvalue weighted by atomic mass is 10.1. The number of hydrogen-bond donors (Lipinski definition) is 1. The molecule has 162 valence electrons. The van der Waals surface area contributed by atoms with Crippen molar-refractivity contribution in [2.24, 2.45) is 0 Å². The van der Waals surface area contributed by atoms with E-state index in [0.717, 1.165) is 16.3 Å². The summed E-state index contributed by atoms with van der Waals surface area (Å²) in [6.45, 7) is 7.76. The molecule has 0 bridgehead atoms. The Bertz CT molecular complexity index is 1030. The molecule has 1 heterocycles. The number of rotatable bonds is 9. The topological polar surface area (TPSA) is 71.5 Å². The third-order valence-electron chi connectivity index (χ3n) is 4.78. The van der Waals surface area contributed by atoms with E-state index >= 15 is 0 Å². The predicted octanol–water partition coefficient (Wildman–Crippen LogP) is 4.87. The van der Waals surface area contributed by atoms with Crippen LogP contribution in [0.15, 0.2) is 53.9 Å². The van der Waals surface area contributed by atoms with E-state index in [1.54, 1.807) is 29.2 Å². The van der Waals surface area contributed by atoms with E-state index in [0.29, 0.717) is 36.6 Å². The summed E-state index contributed by atoms with van der Waals surface area (Å²) < 4.78 is 5.68. The molecule has 0 spiro atoms. The van der Waals surface area contributed by atoms with Crippen LogP contribution in [0, 0.1) is 0 Å². The zero-order chi connectivity index (χ0) is 22.2. The zero-order valence-electron chi connectivity index (χ0n) is 18.1. The lowest BCUT2D eigenvalue weighted by Gasteiger charge is -2.18. The second kappa shape index (κ2) is 10.7. The molecule has 2 aromatic carbocycles. The molecule has 3 aromatic rings. The van der Waals surface area contributed by atoms with Gasteiger partial charge in [0, 0.05) is 29.7 Å². The third-order valence-corrected chi connectivity index (χ3v) is 5.70. The molecule has 0 fully saturated rings. The van der Waals surface area contributed by atoms with Gasteiger partial charge in [0.15, 0.2) is 0 Å².